The number of nitrogens with zero attached hydrogens (tertiary/aromatic N) is 2. The standard InChI is InChI=1S/C13H20N4O/c1-9-6-15-17(7-9)8-13(12(14)18,10-2-3-10)16-11-4-5-11/h6-7,10-11,16H,2-5,8H2,1H3,(H2,14,18). The van der Waals surface area contributed by atoms with Crippen molar-refractivity contribution in [3.63, 3.8) is 0 Å². The molecule has 98 valence electrons. The minimum Gasteiger partial charge on any atom is -0.368 e. The third-order valence-electron chi connectivity index (χ3n) is 3.93. The van der Waals surface area contributed by atoms with Crippen LogP contribution in [-0.4, -0.2) is 27.3 Å². The molecule has 1 heterocycles. The molecule has 1 amide bonds. The van der Waals surface area contributed by atoms with Gasteiger partial charge in [-0.3, -0.25) is 14.8 Å². The van der Waals surface area contributed by atoms with E-state index in [-0.39, 0.29) is 5.91 Å². The monoisotopic (exact) mass is 248 g/mol. The van der Waals surface area contributed by atoms with Crippen LogP contribution >= 0.6 is 0 Å². The topological polar surface area (TPSA) is 72.9 Å². The Kier molecular flexibility index (Phi) is 2.66. The van der Waals surface area contributed by atoms with Crippen LogP contribution in [0.2, 0.25) is 0 Å². The summed E-state index contributed by atoms with van der Waals surface area (Å²) in [6.07, 6.45) is 8.26. The second-order valence-electron chi connectivity index (χ2n) is 5.74. The third kappa shape index (κ3) is 2.14. The van der Waals surface area contributed by atoms with Gasteiger partial charge < -0.3 is 5.73 Å². The van der Waals surface area contributed by atoms with Crippen LogP contribution in [0, 0.1) is 12.8 Å². The van der Waals surface area contributed by atoms with Crippen molar-refractivity contribution in [1.29, 1.82) is 0 Å². The number of nitrogens with two attached hydrogens (primary N) is 1. The van der Waals surface area contributed by atoms with Crippen molar-refractivity contribution in [2.75, 3.05) is 0 Å². The zero-order valence-electron chi connectivity index (χ0n) is 10.7. The van der Waals surface area contributed by atoms with Crippen LogP contribution in [0.3, 0.4) is 0 Å². The molecule has 3 N–H and O–H groups in total. The molecular weight excluding hydrogens is 228 g/mol. The molecule has 2 saturated carbocycles. The lowest BCUT2D eigenvalue weighted by molar-refractivity contribution is -0.126. The first-order chi connectivity index (χ1) is 8.60. The van der Waals surface area contributed by atoms with Crippen LogP contribution in [0.5, 0.6) is 0 Å². The number of nitrogens with one attached hydrogen (secondary N) is 1. The van der Waals surface area contributed by atoms with E-state index in [1.165, 1.54) is 0 Å². The second-order valence-corrected chi connectivity index (χ2v) is 5.74. The average molecular weight is 248 g/mol. The maximum absolute atomic E-state index is 12.0. The molecule has 1 atom stereocenters. The molecule has 0 bridgehead atoms. The highest BCUT2D eigenvalue weighted by atomic mass is 16.1. The second kappa shape index (κ2) is 4.09. The first-order valence-electron chi connectivity index (χ1n) is 6.67. The number of hydrogen-bond donors (Lipinski definition) is 2. The molecule has 18 heavy (non-hydrogen) atoms. The quantitative estimate of drug-likeness (QED) is 0.773. The lowest BCUT2D eigenvalue weighted by Crippen LogP contribution is -2.60. The summed E-state index contributed by atoms with van der Waals surface area (Å²) in [5.74, 6) is 0.144. The molecule has 2 aliphatic carbocycles. The summed E-state index contributed by atoms with van der Waals surface area (Å²) < 4.78 is 1.84. The number of rotatable bonds is 6. The molecule has 1 unspecified atom stereocenters. The van der Waals surface area contributed by atoms with Gasteiger partial charge in [0, 0.05) is 12.2 Å². The van der Waals surface area contributed by atoms with E-state index < -0.39 is 5.54 Å². The summed E-state index contributed by atoms with van der Waals surface area (Å²) in [4.78, 5) is 12.0. The van der Waals surface area contributed by atoms with Gasteiger partial charge in [0.2, 0.25) is 5.91 Å². The van der Waals surface area contributed by atoms with Crippen molar-refractivity contribution in [2.45, 2.75) is 50.7 Å². The number of hydrogen-bond acceptors (Lipinski definition) is 3. The predicted octanol–water partition coefficient (Wildman–Crippen LogP) is 0.578. The highest BCUT2D eigenvalue weighted by molar-refractivity contribution is 5.85. The van der Waals surface area contributed by atoms with E-state index in [1.807, 2.05) is 24.0 Å². The largest absolute Gasteiger partial charge is 0.368 e. The molecule has 3 rings (SSSR count). The number of aromatic nitrogens is 2. The number of carbonyl (C=O) groups excluding carboxylic acids is 1. The Morgan fingerprint density at radius 3 is 2.72 bits per heavy atom. The fraction of sp³-hybridized carbons (Fsp3) is 0.692. The van der Waals surface area contributed by atoms with Gasteiger partial charge in [0.15, 0.2) is 0 Å². The molecule has 1 aromatic rings. The van der Waals surface area contributed by atoms with Crippen molar-refractivity contribution in [3.8, 4) is 0 Å². The Hall–Kier alpha value is -1.36. The van der Waals surface area contributed by atoms with E-state index in [0.717, 1.165) is 31.2 Å². The highest BCUT2D eigenvalue weighted by Gasteiger charge is 2.52. The normalized spacial score (nSPS) is 22.7. The Morgan fingerprint density at radius 1 is 1.56 bits per heavy atom. The van der Waals surface area contributed by atoms with Crippen molar-refractivity contribution in [1.82, 2.24) is 15.1 Å². The summed E-state index contributed by atoms with van der Waals surface area (Å²) in [6, 6.07) is 0.467. The predicted molar refractivity (Wildman–Crippen MR) is 67.8 cm³/mol. The first-order valence-corrected chi connectivity index (χ1v) is 6.67. The third-order valence-corrected chi connectivity index (χ3v) is 3.93. The van der Waals surface area contributed by atoms with E-state index in [9.17, 15) is 4.79 Å². The van der Waals surface area contributed by atoms with Crippen LogP contribution in [-0.2, 0) is 11.3 Å². The summed E-state index contributed by atoms with van der Waals surface area (Å²) in [5.41, 5.74) is 6.21. The van der Waals surface area contributed by atoms with Gasteiger partial charge in [-0.1, -0.05) is 0 Å². The molecule has 2 fully saturated rings. The minimum atomic E-state index is -0.598. The zero-order chi connectivity index (χ0) is 12.8. The van der Waals surface area contributed by atoms with Gasteiger partial charge >= 0.3 is 0 Å². The van der Waals surface area contributed by atoms with Crippen molar-refractivity contribution >= 4 is 5.91 Å². The molecule has 0 radical (unpaired) electrons. The molecule has 0 aliphatic heterocycles. The van der Waals surface area contributed by atoms with E-state index in [0.29, 0.717) is 18.5 Å². The average Bonchev–Trinajstić information content (AvgIpc) is 3.19. The first kappa shape index (κ1) is 11.7. The summed E-state index contributed by atoms with van der Waals surface area (Å²) in [6.45, 7) is 2.55. The van der Waals surface area contributed by atoms with Gasteiger partial charge in [0.05, 0.1) is 12.7 Å². The van der Waals surface area contributed by atoms with Crippen molar-refractivity contribution in [2.24, 2.45) is 11.7 Å². The Balaban J connectivity index is 1.84. The molecule has 0 aromatic carbocycles. The van der Waals surface area contributed by atoms with Crippen LogP contribution in [0.25, 0.3) is 0 Å². The molecule has 0 saturated heterocycles. The van der Waals surface area contributed by atoms with Crippen molar-refractivity contribution < 1.29 is 4.79 Å². The van der Waals surface area contributed by atoms with Gasteiger partial charge in [-0.25, -0.2) is 0 Å². The molecule has 1 aromatic heterocycles. The lowest BCUT2D eigenvalue weighted by atomic mass is 9.91. The van der Waals surface area contributed by atoms with Gasteiger partial charge in [-0.05, 0) is 44.1 Å². The van der Waals surface area contributed by atoms with Crippen LogP contribution in [0.4, 0.5) is 0 Å². The minimum absolute atomic E-state index is 0.231. The SMILES string of the molecule is Cc1cnn(CC(NC2CC2)(C(N)=O)C2CC2)c1. The molecular formula is C13H20N4O. The molecule has 2 aliphatic rings. The Labute approximate surface area is 107 Å². The van der Waals surface area contributed by atoms with Crippen LogP contribution < -0.4 is 11.1 Å². The number of amides is 1. The van der Waals surface area contributed by atoms with Crippen LogP contribution in [0.15, 0.2) is 12.4 Å². The number of aryl methyl sites for hydroxylation is 1. The van der Waals surface area contributed by atoms with E-state index in [4.69, 9.17) is 5.73 Å². The highest BCUT2D eigenvalue weighted by Crippen LogP contribution is 2.42. The van der Waals surface area contributed by atoms with E-state index in [1.54, 1.807) is 0 Å². The van der Waals surface area contributed by atoms with Gasteiger partial charge in [-0.2, -0.15) is 5.10 Å². The summed E-state index contributed by atoms with van der Waals surface area (Å²) >= 11 is 0. The van der Waals surface area contributed by atoms with Gasteiger partial charge in [0.25, 0.3) is 0 Å². The number of primary amides is 1. The Bertz CT molecular complexity index is 461. The van der Waals surface area contributed by atoms with Gasteiger partial charge in [0.1, 0.15) is 5.54 Å². The van der Waals surface area contributed by atoms with Gasteiger partial charge in [-0.15, -0.1) is 0 Å². The maximum Gasteiger partial charge on any atom is 0.239 e. The lowest BCUT2D eigenvalue weighted by Gasteiger charge is -2.32. The van der Waals surface area contributed by atoms with E-state index in [2.05, 4.69) is 10.4 Å². The fourth-order valence-corrected chi connectivity index (χ4v) is 2.62. The van der Waals surface area contributed by atoms with Crippen molar-refractivity contribution in [3.05, 3.63) is 18.0 Å². The molecule has 5 nitrogen and oxygen atoms in total. The smallest absolute Gasteiger partial charge is 0.239 e. The van der Waals surface area contributed by atoms with Crippen LogP contribution in [0.1, 0.15) is 31.2 Å². The summed E-state index contributed by atoms with van der Waals surface area (Å²) in [7, 11) is 0. The number of carbonyl (C=O) groups is 1. The maximum atomic E-state index is 12.0. The van der Waals surface area contributed by atoms with E-state index >= 15 is 0 Å². The molecule has 0 spiro atoms. The Morgan fingerprint density at radius 2 is 2.28 bits per heavy atom. The molecule has 5 heteroatoms. The zero-order valence-corrected chi connectivity index (χ0v) is 10.7. The summed E-state index contributed by atoms with van der Waals surface area (Å²) in [5, 5.41) is 7.78. The fourth-order valence-electron chi connectivity index (χ4n) is 2.62.